The van der Waals surface area contributed by atoms with Crippen LogP contribution in [0.25, 0.3) is 22.4 Å². The Morgan fingerprint density at radius 2 is 1.68 bits per heavy atom. The Bertz CT molecular complexity index is 1660. The minimum absolute atomic E-state index is 0.0430. The van der Waals surface area contributed by atoms with E-state index in [-0.39, 0.29) is 41.9 Å². The van der Waals surface area contributed by atoms with Crippen molar-refractivity contribution < 1.29 is 27.9 Å². The molecule has 0 saturated heterocycles. The minimum atomic E-state index is -4.44. The fraction of sp³-hybridized carbons (Fsp3) is 0.194. The summed E-state index contributed by atoms with van der Waals surface area (Å²) in [6.07, 6.45) is -0.533. The van der Waals surface area contributed by atoms with Crippen LogP contribution in [0.4, 0.5) is 18.0 Å². The van der Waals surface area contributed by atoms with Gasteiger partial charge in [-0.05, 0) is 78.3 Å². The number of nitrogens with zero attached hydrogens (tertiary/aromatic N) is 2. The summed E-state index contributed by atoms with van der Waals surface area (Å²) in [6, 6.07) is 19.4. The average molecular weight is 727 g/mol. The summed E-state index contributed by atoms with van der Waals surface area (Å²) < 4.78 is 39.0. The number of hydrogen-bond acceptors (Lipinski definition) is 4. The van der Waals surface area contributed by atoms with Gasteiger partial charge < -0.3 is 15.3 Å². The normalized spacial score (nSPS) is 11.3. The predicted octanol–water partition coefficient (Wildman–Crippen LogP) is 9.92. The van der Waals surface area contributed by atoms with Crippen molar-refractivity contribution in [3.05, 3.63) is 104 Å². The predicted molar refractivity (Wildman–Crippen MR) is 171 cm³/mol. The highest BCUT2D eigenvalue weighted by Gasteiger charge is 2.29. The van der Waals surface area contributed by atoms with Crippen LogP contribution in [-0.2, 0) is 13.1 Å². The third-order valence-electron chi connectivity index (χ3n) is 6.42. The molecular formula is C31H25BrCl2F3N3O3S. The molecule has 2 amide bonds. The van der Waals surface area contributed by atoms with Crippen LogP contribution in [-0.4, -0.2) is 39.0 Å². The first-order valence-electron chi connectivity index (χ1n) is 13.2. The van der Waals surface area contributed by atoms with E-state index < -0.39 is 17.5 Å². The molecule has 0 atom stereocenters. The number of amides is 2. The number of rotatable bonds is 10. The fourth-order valence-corrected chi connectivity index (χ4v) is 5.72. The van der Waals surface area contributed by atoms with E-state index in [2.05, 4.69) is 21.2 Å². The molecule has 2 N–H and O–H groups in total. The molecule has 4 aromatic rings. The number of pyridine rings is 1. The van der Waals surface area contributed by atoms with Gasteiger partial charge in [0.1, 0.15) is 0 Å². The summed E-state index contributed by atoms with van der Waals surface area (Å²) in [7, 11) is 0. The molecule has 0 radical (unpaired) electrons. The first-order chi connectivity index (χ1) is 20.8. The van der Waals surface area contributed by atoms with E-state index in [0.29, 0.717) is 44.5 Å². The van der Waals surface area contributed by atoms with Crippen molar-refractivity contribution in [1.82, 2.24) is 15.2 Å². The number of hydrogen-bond donors (Lipinski definition) is 2. The van der Waals surface area contributed by atoms with Gasteiger partial charge in [0.05, 0.1) is 17.9 Å². The largest absolute Gasteiger partial charge is 0.465 e. The molecule has 6 nitrogen and oxygen atoms in total. The SMILES string of the molecule is CCCN(Cc1nc(-c2ccc(Br)cc2)c(-c2ccc(Cl)cc2Cl)cc1CNC(=O)c1ccc(SC(F)(F)F)cc1)C(=O)O. The molecule has 0 aliphatic heterocycles. The number of benzene rings is 3. The van der Waals surface area contributed by atoms with Gasteiger partial charge in [-0.25, -0.2) is 9.78 Å². The number of aromatic nitrogens is 1. The van der Waals surface area contributed by atoms with Gasteiger partial charge in [-0.15, -0.1) is 0 Å². The number of thioether (sulfide) groups is 1. The smallest absolute Gasteiger partial charge is 0.446 e. The van der Waals surface area contributed by atoms with Crippen LogP contribution in [0.2, 0.25) is 10.0 Å². The van der Waals surface area contributed by atoms with Gasteiger partial charge >= 0.3 is 11.6 Å². The number of nitrogens with one attached hydrogen (secondary N) is 1. The Labute approximate surface area is 274 Å². The molecule has 0 saturated carbocycles. The molecule has 230 valence electrons. The maximum atomic E-state index is 13.0. The molecular weight excluding hydrogens is 702 g/mol. The first kappa shape index (κ1) is 33.6. The molecule has 4 rings (SSSR count). The second kappa shape index (κ2) is 14.7. The second-order valence-electron chi connectivity index (χ2n) is 9.58. The van der Waals surface area contributed by atoms with Gasteiger partial charge in [-0.2, -0.15) is 13.2 Å². The lowest BCUT2D eigenvalue weighted by molar-refractivity contribution is -0.0328. The monoisotopic (exact) mass is 725 g/mol. The van der Waals surface area contributed by atoms with Crippen molar-refractivity contribution in [3.8, 4) is 22.4 Å². The van der Waals surface area contributed by atoms with Crippen molar-refractivity contribution in [1.29, 1.82) is 0 Å². The van der Waals surface area contributed by atoms with E-state index in [0.717, 1.165) is 10.0 Å². The van der Waals surface area contributed by atoms with Gasteiger partial charge in [-0.1, -0.05) is 64.3 Å². The van der Waals surface area contributed by atoms with E-state index in [1.807, 2.05) is 37.3 Å². The Morgan fingerprint density at radius 1 is 1.00 bits per heavy atom. The van der Waals surface area contributed by atoms with Gasteiger partial charge in [0, 0.05) is 54.8 Å². The van der Waals surface area contributed by atoms with Crippen molar-refractivity contribution in [2.45, 2.75) is 36.8 Å². The highest BCUT2D eigenvalue weighted by atomic mass is 79.9. The molecule has 0 aliphatic carbocycles. The number of carboxylic acid groups (broad SMARTS) is 1. The lowest BCUT2D eigenvalue weighted by Gasteiger charge is -2.22. The van der Waals surface area contributed by atoms with Crippen LogP contribution < -0.4 is 5.32 Å². The highest BCUT2D eigenvalue weighted by molar-refractivity contribution is 9.10. The molecule has 0 unspecified atom stereocenters. The summed E-state index contributed by atoms with van der Waals surface area (Å²) in [5.41, 5.74) is -0.767. The molecule has 1 heterocycles. The molecule has 0 fully saturated rings. The fourth-order valence-electron chi connectivity index (χ4n) is 4.40. The molecule has 1 aromatic heterocycles. The molecule has 44 heavy (non-hydrogen) atoms. The topological polar surface area (TPSA) is 82.5 Å². The maximum Gasteiger partial charge on any atom is 0.446 e. The summed E-state index contributed by atoms with van der Waals surface area (Å²) in [5, 5.41) is 13.5. The van der Waals surface area contributed by atoms with E-state index >= 15 is 0 Å². The number of carbonyl (C=O) groups excluding carboxylic acids is 1. The van der Waals surface area contributed by atoms with E-state index in [9.17, 15) is 27.9 Å². The Hall–Kier alpha value is -3.25. The van der Waals surface area contributed by atoms with Crippen LogP contribution in [0, 0.1) is 0 Å². The Morgan fingerprint density at radius 3 is 2.27 bits per heavy atom. The second-order valence-corrected chi connectivity index (χ2v) is 12.5. The van der Waals surface area contributed by atoms with E-state index in [1.54, 1.807) is 18.2 Å². The van der Waals surface area contributed by atoms with E-state index in [1.165, 1.54) is 29.2 Å². The van der Waals surface area contributed by atoms with Gasteiger partial charge in [0.25, 0.3) is 5.91 Å². The summed E-state index contributed by atoms with van der Waals surface area (Å²) >= 11 is 16.0. The minimum Gasteiger partial charge on any atom is -0.465 e. The third-order valence-corrected chi connectivity index (χ3v) is 8.24. The standard InChI is InChI=1S/C31H25BrCl2F3N3O3S/c1-2-13-40(30(42)43)17-27-20(16-38-29(41)19-5-10-23(11-6-19)44-31(35,36)37)14-25(24-12-9-22(33)15-26(24)34)28(39-27)18-3-7-21(32)8-4-18/h3-12,14-15H,2,13,16-17H2,1H3,(H,38,41)(H,42,43). The molecule has 13 heteroatoms. The number of carbonyl (C=O) groups is 2. The van der Waals surface area contributed by atoms with Crippen molar-refractivity contribution in [2.24, 2.45) is 0 Å². The summed E-state index contributed by atoms with van der Waals surface area (Å²) in [4.78, 5) is 31.2. The van der Waals surface area contributed by atoms with Gasteiger partial charge in [0.15, 0.2) is 0 Å². The van der Waals surface area contributed by atoms with E-state index in [4.69, 9.17) is 28.2 Å². The summed E-state index contributed by atoms with van der Waals surface area (Å²) in [6.45, 7) is 2.04. The molecule has 0 bridgehead atoms. The highest BCUT2D eigenvalue weighted by Crippen LogP contribution is 2.39. The van der Waals surface area contributed by atoms with Crippen molar-refractivity contribution >= 4 is 62.9 Å². The number of alkyl halides is 3. The van der Waals surface area contributed by atoms with Gasteiger partial charge in [0.2, 0.25) is 0 Å². The van der Waals surface area contributed by atoms with Crippen LogP contribution in [0.3, 0.4) is 0 Å². The van der Waals surface area contributed by atoms with Gasteiger partial charge in [-0.3, -0.25) is 4.79 Å². The van der Waals surface area contributed by atoms with Crippen molar-refractivity contribution in [3.63, 3.8) is 0 Å². The summed E-state index contributed by atoms with van der Waals surface area (Å²) in [5.74, 6) is -0.522. The Balaban J connectivity index is 1.78. The quantitative estimate of drug-likeness (QED) is 0.159. The lowest BCUT2D eigenvalue weighted by atomic mass is 9.96. The first-order valence-corrected chi connectivity index (χ1v) is 15.6. The molecule has 3 aromatic carbocycles. The zero-order chi connectivity index (χ0) is 32.0. The number of halogens is 6. The molecule has 0 spiro atoms. The maximum absolute atomic E-state index is 13.0. The van der Waals surface area contributed by atoms with Crippen LogP contribution in [0.1, 0.15) is 35.0 Å². The zero-order valence-corrected chi connectivity index (χ0v) is 27.0. The zero-order valence-electron chi connectivity index (χ0n) is 23.1. The molecule has 0 aliphatic rings. The Kier molecular flexibility index (Phi) is 11.2. The van der Waals surface area contributed by atoms with Crippen molar-refractivity contribution in [2.75, 3.05) is 6.54 Å². The van der Waals surface area contributed by atoms with Crippen LogP contribution in [0.5, 0.6) is 0 Å². The average Bonchev–Trinajstić information content (AvgIpc) is 2.96. The van der Waals surface area contributed by atoms with Crippen LogP contribution >= 0.6 is 50.9 Å². The third kappa shape index (κ3) is 8.90. The lowest BCUT2D eigenvalue weighted by Crippen LogP contribution is -2.31. The van der Waals surface area contributed by atoms with Crippen LogP contribution in [0.15, 0.2) is 82.2 Å².